The van der Waals surface area contributed by atoms with Gasteiger partial charge in [0.1, 0.15) is 5.60 Å². The number of carbonyl (C=O) groups excluding carboxylic acids is 1. The Balaban J connectivity index is 1.72. The van der Waals surface area contributed by atoms with E-state index in [1.807, 2.05) is 36.5 Å². The average Bonchev–Trinajstić information content (AvgIpc) is 3.02. The van der Waals surface area contributed by atoms with Gasteiger partial charge in [-0.3, -0.25) is 0 Å². The van der Waals surface area contributed by atoms with Crippen molar-refractivity contribution in [2.24, 2.45) is 0 Å². The molecule has 1 unspecified atom stereocenters. The number of amides is 2. The molecular weight excluding hydrogens is 310 g/mol. The molecule has 0 spiro atoms. The fourth-order valence-electron chi connectivity index (χ4n) is 2.12. The summed E-state index contributed by atoms with van der Waals surface area (Å²) < 4.78 is 0. The highest BCUT2D eigenvalue weighted by Gasteiger charge is 2.23. The first kappa shape index (κ1) is 17.4. The quantitative estimate of drug-likeness (QED) is 0.729. The maximum Gasteiger partial charge on any atom is 0.314 e. The van der Waals surface area contributed by atoms with E-state index < -0.39 is 5.60 Å². The molecule has 0 radical (unpaired) electrons. The lowest BCUT2D eigenvalue weighted by Crippen LogP contribution is -2.43. The zero-order valence-corrected chi connectivity index (χ0v) is 14.3. The second-order valence-electron chi connectivity index (χ2n) is 5.57. The highest BCUT2D eigenvalue weighted by molar-refractivity contribution is 7.11. The normalized spacial score (nSPS) is 13.3. The Morgan fingerprint density at radius 1 is 1.30 bits per heavy atom. The van der Waals surface area contributed by atoms with Crippen molar-refractivity contribution in [1.82, 2.24) is 15.6 Å². The van der Waals surface area contributed by atoms with Gasteiger partial charge in [-0.05, 0) is 18.9 Å². The fraction of sp³-hybridized carbons (Fsp3) is 0.412. The molecule has 6 heteroatoms. The van der Waals surface area contributed by atoms with Gasteiger partial charge in [-0.1, -0.05) is 37.3 Å². The number of benzene rings is 1. The van der Waals surface area contributed by atoms with Crippen molar-refractivity contribution in [3.8, 4) is 0 Å². The SMILES string of the molecule is CCc1cnc(CCNC(=O)NCC(C)(O)c2ccccc2)s1. The zero-order chi connectivity index (χ0) is 16.7. The van der Waals surface area contributed by atoms with Crippen molar-refractivity contribution in [2.75, 3.05) is 13.1 Å². The molecule has 0 aliphatic carbocycles. The number of aromatic nitrogens is 1. The molecule has 124 valence electrons. The molecule has 0 aliphatic rings. The lowest BCUT2D eigenvalue weighted by Gasteiger charge is -2.24. The van der Waals surface area contributed by atoms with Crippen molar-refractivity contribution >= 4 is 17.4 Å². The minimum atomic E-state index is -1.09. The summed E-state index contributed by atoms with van der Waals surface area (Å²) in [5.41, 5.74) is -0.320. The molecule has 0 fully saturated rings. The molecule has 1 heterocycles. The Kier molecular flexibility index (Phi) is 6.12. The van der Waals surface area contributed by atoms with Crippen molar-refractivity contribution in [2.45, 2.75) is 32.3 Å². The molecule has 23 heavy (non-hydrogen) atoms. The smallest absolute Gasteiger partial charge is 0.314 e. The molecule has 2 aromatic rings. The third-order valence-corrected chi connectivity index (χ3v) is 4.76. The van der Waals surface area contributed by atoms with Gasteiger partial charge in [0, 0.05) is 24.0 Å². The molecular formula is C17H23N3O2S. The van der Waals surface area contributed by atoms with Crippen LogP contribution in [0.5, 0.6) is 0 Å². The summed E-state index contributed by atoms with van der Waals surface area (Å²) in [7, 11) is 0. The lowest BCUT2D eigenvalue weighted by molar-refractivity contribution is 0.0594. The Morgan fingerprint density at radius 2 is 2.04 bits per heavy atom. The molecule has 0 bridgehead atoms. The first-order valence-electron chi connectivity index (χ1n) is 7.74. The van der Waals surface area contributed by atoms with Crippen LogP contribution in [0.4, 0.5) is 4.79 Å². The van der Waals surface area contributed by atoms with Crippen LogP contribution < -0.4 is 10.6 Å². The molecule has 1 aromatic heterocycles. The number of aryl methyl sites for hydroxylation is 1. The monoisotopic (exact) mass is 333 g/mol. The molecule has 2 amide bonds. The van der Waals surface area contributed by atoms with Crippen molar-refractivity contribution in [3.63, 3.8) is 0 Å². The standard InChI is InChI=1S/C17H23N3O2S/c1-3-14-11-19-15(23-14)9-10-18-16(21)20-12-17(2,22)13-7-5-4-6-8-13/h4-8,11,22H,3,9-10,12H2,1-2H3,(H2,18,20,21). The highest BCUT2D eigenvalue weighted by Crippen LogP contribution is 2.18. The van der Waals surface area contributed by atoms with Crippen LogP contribution in [0.2, 0.25) is 0 Å². The summed E-state index contributed by atoms with van der Waals surface area (Å²) in [4.78, 5) is 17.4. The fourth-order valence-corrected chi connectivity index (χ4v) is 2.99. The average molecular weight is 333 g/mol. The number of aliphatic hydroxyl groups is 1. The molecule has 1 atom stereocenters. The third-order valence-electron chi connectivity index (χ3n) is 3.56. The summed E-state index contributed by atoms with van der Waals surface area (Å²) in [6, 6.07) is 9.02. The van der Waals surface area contributed by atoms with E-state index in [1.54, 1.807) is 18.3 Å². The van der Waals surface area contributed by atoms with Crippen molar-refractivity contribution in [3.05, 3.63) is 52.0 Å². The number of carbonyl (C=O) groups is 1. The Bertz CT molecular complexity index is 626. The minimum Gasteiger partial charge on any atom is -0.384 e. The van der Waals surface area contributed by atoms with Crippen molar-refractivity contribution in [1.29, 1.82) is 0 Å². The molecule has 3 N–H and O–H groups in total. The molecule has 0 saturated heterocycles. The number of rotatable bonds is 7. The Labute approximate surface area is 140 Å². The second kappa shape index (κ2) is 8.08. The topological polar surface area (TPSA) is 74.2 Å². The molecule has 0 aliphatic heterocycles. The predicted octanol–water partition coefficient (Wildman–Crippen LogP) is 2.45. The van der Waals surface area contributed by atoms with Gasteiger partial charge in [0.15, 0.2) is 0 Å². The zero-order valence-electron chi connectivity index (χ0n) is 13.5. The summed E-state index contributed by atoms with van der Waals surface area (Å²) >= 11 is 1.68. The molecule has 1 aromatic carbocycles. The van der Waals surface area contributed by atoms with Gasteiger partial charge in [0.05, 0.1) is 11.6 Å². The largest absolute Gasteiger partial charge is 0.384 e. The van der Waals surface area contributed by atoms with Crippen molar-refractivity contribution < 1.29 is 9.90 Å². The van der Waals surface area contributed by atoms with Crippen LogP contribution in [0.3, 0.4) is 0 Å². The van der Waals surface area contributed by atoms with Gasteiger partial charge in [-0.15, -0.1) is 11.3 Å². The Hall–Kier alpha value is -1.92. The van der Waals surface area contributed by atoms with E-state index in [-0.39, 0.29) is 12.6 Å². The van der Waals surface area contributed by atoms with E-state index >= 15 is 0 Å². The first-order valence-corrected chi connectivity index (χ1v) is 8.56. The maximum absolute atomic E-state index is 11.8. The third kappa shape index (κ3) is 5.33. The minimum absolute atomic E-state index is 0.153. The van der Waals surface area contributed by atoms with Crippen LogP contribution >= 0.6 is 11.3 Å². The van der Waals surface area contributed by atoms with E-state index in [9.17, 15) is 9.90 Å². The molecule has 0 saturated carbocycles. The first-order chi connectivity index (χ1) is 11.0. The second-order valence-corrected chi connectivity index (χ2v) is 6.77. The van der Waals surface area contributed by atoms with Crippen LogP contribution in [0.25, 0.3) is 0 Å². The van der Waals surface area contributed by atoms with Crippen LogP contribution in [-0.2, 0) is 18.4 Å². The number of hydrogen-bond acceptors (Lipinski definition) is 4. The number of thiazole rings is 1. The van der Waals surface area contributed by atoms with Gasteiger partial charge in [-0.2, -0.15) is 0 Å². The van der Waals surface area contributed by atoms with Crippen LogP contribution in [0.15, 0.2) is 36.5 Å². The molecule has 2 rings (SSSR count). The number of nitrogens with zero attached hydrogens (tertiary/aromatic N) is 1. The lowest BCUT2D eigenvalue weighted by atomic mass is 9.96. The number of hydrogen-bond donors (Lipinski definition) is 3. The van der Waals surface area contributed by atoms with Crippen LogP contribution in [0.1, 0.15) is 29.3 Å². The summed E-state index contributed by atoms with van der Waals surface area (Å²) in [5.74, 6) is 0. The Morgan fingerprint density at radius 3 is 2.70 bits per heavy atom. The van der Waals surface area contributed by atoms with E-state index in [4.69, 9.17) is 0 Å². The van der Waals surface area contributed by atoms with Gasteiger partial charge in [-0.25, -0.2) is 9.78 Å². The summed E-state index contributed by atoms with van der Waals surface area (Å²) in [6.07, 6.45) is 3.59. The summed E-state index contributed by atoms with van der Waals surface area (Å²) in [6.45, 7) is 4.46. The predicted molar refractivity (Wildman–Crippen MR) is 92.6 cm³/mol. The van der Waals surface area contributed by atoms with Crippen LogP contribution in [-0.4, -0.2) is 29.2 Å². The summed E-state index contributed by atoms with van der Waals surface area (Å²) in [5, 5.41) is 16.9. The highest BCUT2D eigenvalue weighted by atomic mass is 32.1. The maximum atomic E-state index is 11.8. The van der Waals surface area contributed by atoms with Crippen LogP contribution in [0, 0.1) is 0 Å². The van der Waals surface area contributed by atoms with Gasteiger partial charge < -0.3 is 15.7 Å². The van der Waals surface area contributed by atoms with E-state index in [0.29, 0.717) is 13.0 Å². The number of urea groups is 1. The van der Waals surface area contributed by atoms with Gasteiger partial charge in [0.2, 0.25) is 0 Å². The number of nitrogens with one attached hydrogen (secondary N) is 2. The molecule has 5 nitrogen and oxygen atoms in total. The van der Waals surface area contributed by atoms with Gasteiger partial charge in [0.25, 0.3) is 0 Å². The van der Waals surface area contributed by atoms with E-state index in [2.05, 4.69) is 22.5 Å². The van der Waals surface area contributed by atoms with Gasteiger partial charge >= 0.3 is 6.03 Å². The van der Waals surface area contributed by atoms with E-state index in [0.717, 1.165) is 17.0 Å². The van der Waals surface area contributed by atoms with E-state index in [1.165, 1.54) is 4.88 Å².